The van der Waals surface area contributed by atoms with Crippen molar-refractivity contribution in [2.75, 3.05) is 0 Å². The molecule has 0 atom stereocenters. The smallest absolute Gasteiger partial charge is 0.0541 e. The molecular formula is C50H49N. The van der Waals surface area contributed by atoms with Gasteiger partial charge in [-0.15, -0.1) is 0 Å². The van der Waals surface area contributed by atoms with Crippen LogP contribution in [-0.2, 0) is 16.2 Å². The molecule has 0 N–H and O–H groups in total. The minimum absolute atomic E-state index is 0.0723. The summed E-state index contributed by atoms with van der Waals surface area (Å²) in [7, 11) is 0. The van der Waals surface area contributed by atoms with Crippen LogP contribution in [0.25, 0.3) is 71.3 Å². The Morgan fingerprint density at radius 2 is 0.667 bits per heavy atom. The number of fused-ring (bicyclic) bond motifs is 5. The quantitative estimate of drug-likeness (QED) is 0.166. The Morgan fingerprint density at radius 1 is 0.333 bits per heavy atom. The maximum absolute atomic E-state index is 2.45. The van der Waals surface area contributed by atoms with Gasteiger partial charge in [0, 0.05) is 16.5 Å². The van der Waals surface area contributed by atoms with E-state index in [-0.39, 0.29) is 16.2 Å². The molecule has 0 saturated carbocycles. The summed E-state index contributed by atoms with van der Waals surface area (Å²) in [5, 5.41) is 7.75. The normalized spacial score (nSPS) is 12.8. The minimum atomic E-state index is 0.0723. The number of rotatable bonds is 3. The highest BCUT2D eigenvalue weighted by Crippen LogP contribution is 2.44. The van der Waals surface area contributed by atoms with Crippen molar-refractivity contribution in [3.05, 3.63) is 150 Å². The average molecular weight is 664 g/mol. The van der Waals surface area contributed by atoms with Crippen LogP contribution in [-0.4, -0.2) is 4.57 Å². The van der Waals surface area contributed by atoms with E-state index in [4.69, 9.17) is 0 Å². The second-order valence-electron chi connectivity index (χ2n) is 17.5. The van der Waals surface area contributed by atoms with Crippen molar-refractivity contribution in [3.63, 3.8) is 0 Å². The molecule has 1 aromatic heterocycles. The van der Waals surface area contributed by atoms with Gasteiger partial charge in [0.1, 0.15) is 0 Å². The van der Waals surface area contributed by atoms with Crippen LogP contribution in [0.1, 0.15) is 79.0 Å². The van der Waals surface area contributed by atoms with Crippen LogP contribution in [0.15, 0.2) is 133 Å². The summed E-state index contributed by atoms with van der Waals surface area (Å²) in [6.07, 6.45) is 0. The monoisotopic (exact) mass is 663 g/mol. The van der Waals surface area contributed by atoms with E-state index in [0.717, 1.165) is 0 Å². The van der Waals surface area contributed by atoms with Gasteiger partial charge in [-0.2, -0.15) is 0 Å². The maximum Gasteiger partial charge on any atom is 0.0541 e. The molecule has 254 valence electrons. The van der Waals surface area contributed by atoms with Gasteiger partial charge in [-0.05, 0) is 113 Å². The Balaban J connectivity index is 1.32. The molecule has 7 aromatic carbocycles. The summed E-state index contributed by atoms with van der Waals surface area (Å²) >= 11 is 0. The number of nitrogens with zero attached hydrogens (tertiary/aromatic N) is 1. The van der Waals surface area contributed by atoms with Crippen molar-refractivity contribution < 1.29 is 0 Å². The standard InChI is InChI=1S/C50H49N/c1-48(2,3)34-22-18-32(19-23-34)46-38-14-10-12-16-40(38)47(41-17-13-11-15-39(41)46)33-20-26-37(27-21-33)51-44-28-24-35(49(4,5)6)30-42(44)43-31-36(50(7,8)9)25-29-45(43)51/h10-31H,1-9H3. The largest absolute Gasteiger partial charge is 0.309 e. The van der Waals surface area contributed by atoms with Crippen LogP contribution in [0.4, 0.5) is 0 Å². The van der Waals surface area contributed by atoms with Crippen molar-refractivity contribution in [2.24, 2.45) is 0 Å². The number of hydrogen-bond donors (Lipinski definition) is 0. The van der Waals surface area contributed by atoms with Crippen LogP contribution in [0.3, 0.4) is 0 Å². The molecule has 1 nitrogen and oxygen atoms in total. The lowest BCUT2D eigenvalue weighted by atomic mass is 9.83. The summed E-state index contributed by atoms with van der Waals surface area (Å²) in [5.41, 5.74) is 13.1. The lowest BCUT2D eigenvalue weighted by molar-refractivity contribution is 0.590. The third-order valence-electron chi connectivity index (χ3n) is 10.9. The summed E-state index contributed by atoms with van der Waals surface area (Å²) in [5.74, 6) is 0. The third-order valence-corrected chi connectivity index (χ3v) is 10.9. The highest BCUT2D eigenvalue weighted by molar-refractivity contribution is 6.21. The van der Waals surface area contributed by atoms with E-state index in [1.165, 1.54) is 88.0 Å². The van der Waals surface area contributed by atoms with Gasteiger partial charge in [-0.3, -0.25) is 0 Å². The fourth-order valence-corrected chi connectivity index (χ4v) is 7.90. The van der Waals surface area contributed by atoms with Gasteiger partial charge in [-0.25, -0.2) is 0 Å². The van der Waals surface area contributed by atoms with E-state index < -0.39 is 0 Å². The number of hydrogen-bond acceptors (Lipinski definition) is 0. The van der Waals surface area contributed by atoms with Crippen LogP contribution >= 0.6 is 0 Å². The van der Waals surface area contributed by atoms with Crippen molar-refractivity contribution in [1.82, 2.24) is 4.57 Å². The van der Waals surface area contributed by atoms with Gasteiger partial charge < -0.3 is 4.57 Å². The minimum Gasteiger partial charge on any atom is -0.309 e. The van der Waals surface area contributed by atoms with Gasteiger partial charge in [-0.1, -0.05) is 159 Å². The average Bonchev–Trinajstić information content (AvgIpc) is 3.43. The molecule has 1 heterocycles. The Hall–Kier alpha value is -5.14. The zero-order chi connectivity index (χ0) is 35.9. The Kier molecular flexibility index (Phi) is 7.58. The molecule has 0 unspecified atom stereocenters. The summed E-state index contributed by atoms with van der Waals surface area (Å²) < 4.78 is 2.45. The van der Waals surface area contributed by atoms with E-state index in [1.54, 1.807) is 0 Å². The van der Waals surface area contributed by atoms with E-state index >= 15 is 0 Å². The molecule has 8 aromatic rings. The van der Waals surface area contributed by atoms with Gasteiger partial charge in [0.2, 0.25) is 0 Å². The van der Waals surface area contributed by atoms with Crippen molar-refractivity contribution in [3.8, 4) is 27.9 Å². The zero-order valence-corrected chi connectivity index (χ0v) is 31.6. The molecule has 51 heavy (non-hydrogen) atoms. The summed E-state index contributed by atoms with van der Waals surface area (Å²) in [6.45, 7) is 20.6. The van der Waals surface area contributed by atoms with Crippen molar-refractivity contribution >= 4 is 43.4 Å². The molecular weight excluding hydrogens is 615 g/mol. The highest BCUT2D eigenvalue weighted by atomic mass is 15.0. The van der Waals surface area contributed by atoms with Crippen LogP contribution in [0.5, 0.6) is 0 Å². The van der Waals surface area contributed by atoms with Crippen LogP contribution < -0.4 is 0 Å². The molecule has 0 aliphatic rings. The zero-order valence-electron chi connectivity index (χ0n) is 31.6. The molecule has 0 amide bonds. The molecule has 0 bridgehead atoms. The Morgan fingerprint density at radius 3 is 1.02 bits per heavy atom. The molecule has 0 aliphatic heterocycles. The SMILES string of the molecule is CC(C)(C)c1ccc(-c2c3ccccc3c(-c3ccc(-n4c5ccc(C(C)(C)C)cc5c5cc(C(C)(C)C)ccc54)cc3)c3ccccc23)cc1. The van der Waals surface area contributed by atoms with Crippen LogP contribution in [0.2, 0.25) is 0 Å². The first-order chi connectivity index (χ1) is 24.2. The molecule has 8 rings (SSSR count). The second kappa shape index (κ2) is 11.7. The van der Waals surface area contributed by atoms with Crippen LogP contribution in [0, 0.1) is 0 Å². The fraction of sp³-hybridized carbons (Fsp3) is 0.240. The van der Waals surface area contributed by atoms with E-state index in [1.807, 2.05) is 0 Å². The first-order valence-electron chi connectivity index (χ1n) is 18.4. The lowest BCUT2D eigenvalue weighted by Gasteiger charge is -2.21. The second-order valence-corrected chi connectivity index (χ2v) is 17.5. The van der Waals surface area contributed by atoms with Gasteiger partial charge in [0.15, 0.2) is 0 Å². The fourth-order valence-electron chi connectivity index (χ4n) is 7.90. The van der Waals surface area contributed by atoms with Crippen molar-refractivity contribution in [2.45, 2.75) is 78.6 Å². The predicted molar refractivity (Wildman–Crippen MR) is 223 cm³/mol. The number of benzene rings is 7. The first-order valence-corrected chi connectivity index (χ1v) is 18.4. The van der Waals surface area contributed by atoms with Gasteiger partial charge in [0.25, 0.3) is 0 Å². The summed E-state index contributed by atoms with van der Waals surface area (Å²) in [6, 6.07) is 50.5. The van der Waals surface area contributed by atoms with Gasteiger partial charge >= 0.3 is 0 Å². The van der Waals surface area contributed by atoms with Crippen molar-refractivity contribution in [1.29, 1.82) is 0 Å². The maximum atomic E-state index is 2.45. The molecule has 0 aliphatic carbocycles. The molecule has 0 spiro atoms. The Labute approximate surface area is 303 Å². The van der Waals surface area contributed by atoms with E-state index in [9.17, 15) is 0 Å². The summed E-state index contributed by atoms with van der Waals surface area (Å²) in [4.78, 5) is 0. The van der Waals surface area contributed by atoms with E-state index in [2.05, 4.69) is 200 Å². The van der Waals surface area contributed by atoms with E-state index in [0.29, 0.717) is 0 Å². The third kappa shape index (κ3) is 5.64. The molecule has 0 radical (unpaired) electrons. The Bertz CT molecular complexity index is 2460. The number of aromatic nitrogens is 1. The lowest BCUT2D eigenvalue weighted by Crippen LogP contribution is -2.10. The molecule has 0 fully saturated rings. The topological polar surface area (TPSA) is 4.93 Å². The van der Waals surface area contributed by atoms with Gasteiger partial charge in [0.05, 0.1) is 11.0 Å². The molecule has 1 heteroatoms. The molecule has 0 saturated heterocycles. The first kappa shape index (κ1) is 33.0. The predicted octanol–water partition coefficient (Wildman–Crippen LogP) is 14.3. The highest BCUT2D eigenvalue weighted by Gasteiger charge is 2.22.